The van der Waals surface area contributed by atoms with Gasteiger partial charge in [0.1, 0.15) is 0 Å². The monoisotopic (exact) mass is 414 g/mol. The molecule has 3 aromatic rings. The molecule has 0 heterocycles. The van der Waals surface area contributed by atoms with Crippen molar-refractivity contribution >= 4 is 0 Å². The first-order valence-electron chi connectivity index (χ1n) is 11.9. The smallest absolute Gasteiger partial charge is 0.0480 e. The van der Waals surface area contributed by atoms with Crippen LogP contribution in [0.2, 0.25) is 0 Å². The largest absolute Gasteiger partial charge is 0.306 e. The highest BCUT2D eigenvalue weighted by atomic mass is 15.1. The van der Waals surface area contributed by atoms with Gasteiger partial charge in [0.2, 0.25) is 0 Å². The molecule has 4 unspecified atom stereocenters. The Kier molecular flexibility index (Phi) is 9.33. The van der Waals surface area contributed by atoms with Crippen LogP contribution in [0.1, 0.15) is 81.3 Å². The van der Waals surface area contributed by atoms with Gasteiger partial charge in [-0.25, -0.2) is 0 Å². The number of benzene rings is 3. The van der Waals surface area contributed by atoms with Gasteiger partial charge in [0, 0.05) is 24.2 Å². The number of unbranched alkanes of at least 4 members (excludes halogenated alkanes) is 2. The van der Waals surface area contributed by atoms with E-state index in [1.165, 1.54) is 36.0 Å². The van der Waals surface area contributed by atoms with Gasteiger partial charge in [0.25, 0.3) is 0 Å². The molecule has 4 atom stereocenters. The highest BCUT2D eigenvalue weighted by molar-refractivity contribution is 5.24. The van der Waals surface area contributed by atoms with Gasteiger partial charge in [-0.1, -0.05) is 117 Å². The SMILES string of the molecule is CCCCCC(NC(C)c1ccccc1)C(NC(C)c1ccccc1)c1ccccc1. The molecule has 0 spiro atoms. The Morgan fingerprint density at radius 2 is 1.03 bits per heavy atom. The molecule has 164 valence electrons. The van der Waals surface area contributed by atoms with E-state index in [4.69, 9.17) is 0 Å². The third kappa shape index (κ3) is 7.05. The second kappa shape index (κ2) is 12.4. The van der Waals surface area contributed by atoms with Gasteiger partial charge in [0.05, 0.1) is 0 Å². The van der Waals surface area contributed by atoms with Crippen molar-refractivity contribution in [2.75, 3.05) is 0 Å². The molecule has 2 heteroatoms. The Morgan fingerprint density at radius 1 is 0.581 bits per heavy atom. The highest BCUT2D eigenvalue weighted by Crippen LogP contribution is 2.27. The third-order valence-corrected chi connectivity index (χ3v) is 6.17. The molecular weight excluding hydrogens is 376 g/mol. The maximum atomic E-state index is 3.99. The van der Waals surface area contributed by atoms with Gasteiger partial charge in [-0.15, -0.1) is 0 Å². The summed E-state index contributed by atoms with van der Waals surface area (Å²) in [7, 11) is 0. The molecule has 0 amide bonds. The van der Waals surface area contributed by atoms with Gasteiger partial charge in [-0.05, 0) is 37.0 Å². The van der Waals surface area contributed by atoms with E-state index in [-0.39, 0.29) is 12.1 Å². The molecule has 3 aromatic carbocycles. The zero-order chi connectivity index (χ0) is 21.9. The predicted octanol–water partition coefficient (Wildman–Crippen LogP) is 7.38. The molecule has 0 aliphatic rings. The molecule has 0 bridgehead atoms. The number of nitrogens with one attached hydrogen (secondary N) is 2. The summed E-state index contributed by atoms with van der Waals surface area (Å²) in [5.74, 6) is 0. The van der Waals surface area contributed by atoms with Crippen molar-refractivity contribution in [1.29, 1.82) is 0 Å². The van der Waals surface area contributed by atoms with E-state index in [0.717, 1.165) is 6.42 Å². The summed E-state index contributed by atoms with van der Waals surface area (Å²) < 4.78 is 0. The standard InChI is InChI=1S/C29H38N2/c1-4-5-9-22-28(30-23(2)25-16-10-6-11-17-25)29(27-20-14-8-15-21-27)31-24(3)26-18-12-7-13-19-26/h6-8,10-21,23-24,28-31H,4-5,9,22H2,1-3H3. The second-order valence-corrected chi connectivity index (χ2v) is 8.59. The van der Waals surface area contributed by atoms with Gasteiger partial charge >= 0.3 is 0 Å². The molecule has 0 fully saturated rings. The maximum Gasteiger partial charge on any atom is 0.0480 e. The summed E-state index contributed by atoms with van der Waals surface area (Å²) in [6, 6.07) is 33.6. The summed E-state index contributed by atoms with van der Waals surface area (Å²) in [5.41, 5.74) is 4.01. The predicted molar refractivity (Wildman–Crippen MR) is 133 cm³/mol. The van der Waals surface area contributed by atoms with Crippen LogP contribution in [-0.2, 0) is 0 Å². The fraction of sp³-hybridized carbons (Fsp3) is 0.379. The zero-order valence-corrected chi connectivity index (χ0v) is 19.3. The van der Waals surface area contributed by atoms with E-state index in [0.29, 0.717) is 12.1 Å². The molecule has 0 radical (unpaired) electrons. The van der Waals surface area contributed by atoms with Gasteiger partial charge in [-0.2, -0.15) is 0 Å². The third-order valence-electron chi connectivity index (χ3n) is 6.17. The zero-order valence-electron chi connectivity index (χ0n) is 19.3. The molecule has 0 aliphatic carbocycles. The summed E-state index contributed by atoms with van der Waals surface area (Å²) >= 11 is 0. The van der Waals surface area contributed by atoms with Crippen LogP contribution < -0.4 is 10.6 Å². The highest BCUT2D eigenvalue weighted by Gasteiger charge is 2.26. The van der Waals surface area contributed by atoms with Crippen LogP contribution in [0.3, 0.4) is 0 Å². The van der Waals surface area contributed by atoms with Crippen LogP contribution in [0.15, 0.2) is 91.0 Å². The fourth-order valence-corrected chi connectivity index (χ4v) is 4.33. The first-order chi connectivity index (χ1) is 15.2. The Labute approximate surface area is 189 Å². The number of rotatable bonds is 12. The van der Waals surface area contributed by atoms with E-state index in [1.54, 1.807) is 0 Å². The van der Waals surface area contributed by atoms with Gasteiger partial charge in [-0.3, -0.25) is 0 Å². The van der Waals surface area contributed by atoms with Gasteiger partial charge < -0.3 is 10.6 Å². The molecule has 3 rings (SSSR count). The van der Waals surface area contributed by atoms with Gasteiger partial charge in [0.15, 0.2) is 0 Å². The van der Waals surface area contributed by atoms with E-state index in [1.807, 2.05) is 0 Å². The first-order valence-corrected chi connectivity index (χ1v) is 11.9. The summed E-state index contributed by atoms with van der Waals surface area (Å²) in [5, 5.41) is 7.96. The summed E-state index contributed by atoms with van der Waals surface area (Å²) in [6.07, 6.45) is 4.90. The Balaban J connectivity index is 1.86. The minimum atomic E-state index is 0.236. The minimum absolute atomic E-state index is 0.236. The van der Waals surface area contributed by atoms with Crippen LogP contribution in [0.4, 0.5) is 0 Å². The molecular formula is C29H38N2. The van der Waals surface area contributed by atoms with Crippen LogP contribution in [0, 0.1) is 0 Å². The number of hydrogen-bond acceptors (Lipinski definition) is 2. The van der Waals surface area contributed by atoms with E-state index in [2.05, 4.69) is 122 Å². The van der Waals surface area contributed by atoms with Crippen molar-refractivity contribution in [3.05, 3.63) is 108 Å². The Hall–Kier alpha value is -2.42. The van der Waals surface area contributed by atoms with Crippen LogP contribution in [0.5, 0.6) is 0 Å². The average Bonchev–Trinajstić information content (AvgIpc) is 2.83. The lowest BCUT2D eigenvalue weighted by atomic mass is 9.92. The van der Waals surface area contributed by atoms with Crippen LogP contribution >= 0.6 is 0 Å². The molecule has 0 aliphatic heterocycles. The summed E-state index contributed by atoms with van der Waals surface area (Å²) in [4.78, 5) is 0. The lowest BCUT2D eigenvalue weighted by molar-refractivity contribution is 0.306. The average molecular weight is 415 g/mol. The topological polar surface area (TPSA) is 24.1 Å². The van der Waals surface area contributed by atoms with Crippen LogP contribution in [-0.4, -0.2) is 6.04 Å². The fourth-order valence-electron chi connectivity index (χ4n) is 4.33. The molecule has 0 saturated heterocycles. The van der Waals surface area contributed by atoms with Crippen molar-refractivity contribution in [3.63, 3.8) is 0 Å². The van der Waals surface area contributed by atoms with Crippen molar-refractivity contribution in [3.8, 4) is 0 Å². The molecule has 31 heavy (non-hydrogen) atoms. The number of hydrogen-bond donors (Lipinski definition) is 2. The molecule has 0 saturated carbocycles. The maximum absolute atomic E-state index is 3.99. The molecule has 2 nitrogen and oxygen atoms in total. The van der Waals surface area contributed by atoms with Crippen molar-refractivity contribution < 1.29 is 0 Å². The second-order valence-electron chi connectivity index (χ2n) is 8.59. The Bertz CT molecular complexity index is 848. The van der Waals surface area contributed by atoms with E-state index >= 15 is 0 Å². The summed E-state index contributed by atoms with van der Waals surface area (Å²) in [6.45, 7) is 6.83. The lowest BCUT2D eigenvalue weighted by Gasteiger charge is -2.34. The van der Waals surface area contributed by atoms with E-state index in [9.17, 15) is 0 Å². The first kappa shape index (κ1) is 23.2. The van der Waals surface area contributed by atoms with Crippen molar-refractivity contribution in [1.82, 2.24) is 10.6 Å². The quantitative estimate of drug-likeness (QED) is 0.302. The normalized spacial score (nSPS) is 15.2. The lowest BCUT2D eigenvalue weighted by Crippen LogP contribution is -2.43. The van der Waals surface area contributed by atoms with Crippen LogP contribution in [0.25, 0.3) is 0 Å². The molecule has 0 aromatic heterocycles. The van der Waals surface area contributed by atoms with Crippen molar-refractivity contribution in [2.45, 2.75) is 70.6 Å². The Morgan fingerprint density at radius 3 is 1.52 bits per heavy atom. The van der Waals surface area contributed by atoms with Crippen molar-refractivity contribution in [2.24, 2.45) is 0 Å². The van der Waals surface area contributed by atoms with E-state index < -0.39 is 0 Å². The molecule has 2 N–H and O–H groups in total. The minimum Gasteiger partial charge on any atom is -0.306 e.